The fourth-order valence-corrected chi connectivity index (χ4v) is 6.43. The summed E-state index contributed by atoms with van der Waals surface area (Å²) in [6, 6.07) is 7.39. The molecule has 4 unspecified atom stereocenters. The second kappa shape index (κ2) is 10.00. The van der Waals surface area contributed by atoms with E-state index in [9.17, 15) is 14.4 Å². The van der Waals surface area contributed by atoms with E-state index in [0.717, 1.165) is 17.9 Å². The summed E-state index contributed by atoms with van der Waals surface area (Å²) in [5.74, 6) is -0.375. The summed E-state index contributed by atoms with van der Waals surface area (Å²) in [4.78, 5) is 40.9. The number of hydrogen-bond acceptors (Lipinski definition) is 4. The van der Waals surface area contributed by atoms with E-state index in [2.05, 4.69) is 36.6 Å². The van der Waals surface area contributed by atoms with Crippen molar-refractivity contribution in [1.29, 1.82) is 0 Å². The van der Waals surface area contributed by atoms with Gasteiger partial charge in [-0.3, -0.25) is 9.59 Å². The van der Waals surface area contributed by atoms with Gasteiger partial charge in [-0.15, -0.1) is 0 Å². The van der Waals surface area contributed by atoms with E-state index < -0.39 is 23.7 Å². The van der Waals surface area contributed by atoms with Gasteiger partial charge in [-0.25, -0.2) is 4.79 Å². The van der Waals surface area contributed by atoms with Gasteiger partial charge in [0, 0.05) is 31.1 Å². The zero-order valence-electron chi connectivity index (χ0n) is 21.2. The third-order valence-electron chi connectivity index (χ3n) is 8.20. The molecule has 35 heavy (non-hydrogen) atoms. The normalized spacial score (nSPS) is 29.0. The van der Waals surface area contributed by atoms with Crippen LogP contribution in [0, 0.1) is 17.3 Å². The Hall–Kier alpha value is -2.28. The maximum atomic E-state index is 13.7. The molecule has 3 fully saturated rings. The molecule has 1 spiro atoms. The Bertz CT molecular complexity index is 964. The highest BCUT2D eigenvalue weighted by Crippen LogP contribution is 2.44. The van der Waals surface area contributed by atoms with Gasteiger partial charge in [0.15, 0.2) is 0 Å². The standard InChI is InChI=1S/C27H38ClN3O4/c1-17(2)22(30-23(32)21-6-5-12-27(21)13-14-29-25(34)35-27)24(33)31-15-11-20(26(3,4)16-31)18-7-9-19(28)10-8-18/h7-10,17,20-22H,5-6,11-16H2,1-4H3,(H,29,34)(H,30,32). The fraction of sp³-hybridized carbons (Fsp3) is 0.667. The lowest BCUT2D eigenvalue weighted by molar-refractivity contribution is -0.144. The molecule has 1 saturated carbocycles. The molecule has 0 bridgehead atoms. The highest BCUT2D eigenvalue weighted by atomic mass is 35.5. The topological polar surface area (TPSA) is 87.7 Å². The Morgan fingerprint density at radius 3 is 2.51 bits per heavy atom. The summed E-state index contributed by atoms with van der Waals surface area (Å²) in [5.41, 5.74) is 0.366. The van der Waals surface area contributed by atoms with Crippen molar-refractivity contribution in [1.82, 2.24) is 15.5 Å². The molecule has 4 atom stereocenters. The van der Waals surface area contributed by atoms with Gasteiger partial charge in [0.05, 0.1) is 5.92 Å². The van der Waals surface area contributed by atoms with Crippen LogP contribution in [0.25, 0.3) is 0 Å². The van der Waals surface area contributed by atoms with Crippen molar-refractivity contribution in [3.05, 3.63) is 34.9 Å². The van der Waals surface area contributed by atoms with Gasteiger partial charge in [-0.2, -0.15) is 0 Å². The van der Waals surface area contributed by atoms with Crippen LogP contribution >= 0.6 is 11.6 Å². The average Bonchev–Trinajstić information content (AvgIpc) is 3.19. The number of rotatable bonds is 5. The zero-order valence-corrected chi connectivity index (χ0v) is 22.0. The Morgan fingerprint density at radius 2 is 1.89 bits per heavy atom. The van der Waals surface area contributed by atoms with Crippen LogP contribution in [-0.2, 0) is 14.3 Å². The first-order valence-corrected chi connectivity index (χ1v) is 13.2. The molecular formula is C27H38ClN3O4. The predicted octanol–water partition coefficient (Wildman–Crippen LogP) is 4.49. The number of halogens is 1. The Kier molecular flexibility index (Phi) is 7.37. The summed E-state index contributed by atoms with van der Waals surface area (Å²) in [7, 11) is 0. The van der Waals surface area contributed by atoms with Crippen LogP contribution in [0.15, 0.2) is 24.3 Å². The lowest BCUT2D eigenvalue weighted by Gasteiger charge is -2.46. The van der Waals surface area contributed by atoms with Crippen molar-refractivity contribution in [2.75, 3.05) is 19.6 Å². The molecular weight excluding hydrogens is 466 g/mol. The number of benzene rings is 1. The molecule has 4 rings (SSSR count). The smallest absolute Gasteiger partial charge is 0.407 e. The minimum absolute atomic E-state index is 0.0367. The van der Waals surface area contributed by atoms with Gasteiger partial charge in [0.1, 0.15) is 11.6 Å². The molecule has 3 amide bonds. The van der Waals surface area contributed by atoms with Crippen LogP contribution in [0.2, 0.25) is 5.02 Å². The van der Waals surface area contributed by atoms with E-state index >= 15 is 0 Å². The first-order valence-electron chi connectivity index (χ1n) is 12.8. The van der Waals surface area contributed by atoms with Crippen molar-refractivity contribution in [2.24, 2.45) is 17.3 Å². The first-order chi connectivity index (χ1) is 16.5. The number of amides is 3. The van der Waals surface area contributed by atoms with E-state index in [4.69, 9.17) is 16.3 Å². The number of hydrogen-bond donors (Lipinski definition) is 2. The highest BCUT2D eigenvalue weighted by Gasteiger charge is 2.52. The minimum Gasteiger partial charge on any atom is -0.442 e. The number of alkyl carbamates (subject to hydrolysis) is 1. The van der Waals surface area contributed by atoms with Gasteiger partial charge in [-0.05, 0) is 60.6 Å². The van der Waals surface area contributed by atoms with Gasteiger partial charge >= 0.3 is 6.09 Å². The molecule has 8 heteroatoms. The summed E-state index contributed by atoms with van der Waals surface area (Å²) >= 11 is 6.08. The average molecular weight is 504 g/mol. The number of ether oxygens (including phenoxy) is 1. The number of nitrogens with one attached hydrogen (secondary N) is 2. The quantitative estimate of drug-likeness (QED) is 0.619. The fourth-order valence-electron chi connectivity index (χ4n) is 6.30. The van der Waals surface area contributed by atoms with Crippen LogP contribution in [0.1, 0.15) is 71.3 Å². The Balaban J connectivity index is 1.45. The lowest BCUT2D eigenvalue weighted by Crippen LogP contribution is -2.59. The molecule has 192 valence electrons. The Morgan fingerprint density at radius 1 is 1.17 bits per heavy atom. The van der Waals surface area contributed by atoms with Crippen LogP contribution in [0.5, 0.6) is 0 Å². The van der Waals surface area contributed by atoms with E-state index in [1.165, 1.54) is 5.56 Å². The van der Waals surface area contributed by atoms with E-state index in [-0.39, 0.29) is 23.1 Å². The number of carbonyl (C=O) groups excluding carboxylic acids is 3. The lowest BCUT2D eigenvalue weighted by atomic mass is 9.70. The minimum atomic E-state index is -0.754. The molecule has 2 heterocycles. The molecule has 1 aromatic carbocycles. The summed E-state index contributed by atoms with van der Waals surface area (Å²) < 4.78 is 5.66. The summed E-state index contributed by atoms with van der Waals surface area (Å²) in [6.45, 7) is 10.1. The SMILES string of the molecule is CC(C)C(NC(=O)C1CCCC12CCNC(=O)O2)C(=O)N1CCC(c2ccc(Cl)cc2)C(C)(C)C1. The van der Waals surface area contributed by atoms with Crippen LogP contribution in [-0.4, -0.2) is 54.1 Å². The van der Waals surface area contributed by atoms with Gasteiger partial charge in [-0.1, -0.05) is 51.4 Å². The second-order valence-corrected chi connectivity index (χ2v) is 11.9. The molecule has 3 aliphatic rings. The molecule has 1 aromatic rings. The van der Waals surface area contributed by atoms with Crippen molar-refractivity contribution in [2.45, 2.75) is 77.4 Å². The maximum Gasteiger partial charge on any atom is 0.407 e. The number of carbonyl (C=O) groups is 3. The maximum absolute atomic E-state index is 13.7. The molecule has 2 aliphatic heterocycles. The van der Waals surface area contributed by atoms with E-state index in [0.29, 0.717) is 44.8 Å². The number of nitrogens with zero attached hydrogens (tertiary/aromatic N) is 1. The Labute approximate surface area is 213 Å². The van der Waals surface area contributed by atoms with Crippen molar-refractivity contribution >= 4 is 29.5 Å². The molecule has 7 nitrogen and oxygen atoms in total. The van der Waals surface area contributed by atoms with Crippen molar-refractivity contribution in [3.63, 3.8) is 0 Å². The largest absolute Gasteiger partial charge is 0.442 e. The number of likely N-dealkylation sites (tertiary alicyclic amines) is 1. The monoisotopic (exact) mass is 503 g/mol. The first kappa shape index (κ1) is 25.8. The molecule has 0 aromatic heterocycles. The molecule has 0 radical (unpaired) electrons. The van der Waals surface area contributed by atoms with Crippen LogP contribution in [0.3, 0.4) is 0 Å². The van der Waals surface area contributed by atoms with Crippen LogP contribution < -0.4 is 10.6 Å². The third-order valence-corrected chi connectivity index (χ3v) is 8.45. The second-order valence-electron chi connectivity index (χ2n) is 11.4. The highest BCUT2D eigenvalue weighted by molar-refractivity contribution is 6.30. The molecule has 2 N–H and O–H groups in total. The predicted molar refractivity (Wildman–Crippen MR) is 135 cm³/mol. The van der Waals surface area contributed by atoms with E-state index in [1.54, 1.807) is 0 Å². The van der Waals surface area contributed by atoms with Crippen molar-refractivity contribution < 1.29 is 19.1 Å². The third kappa shape index (κ3) is 5.30. The molecule has 1 aliphatic carbocycles. The summed E-state index contributed by atoms with van der Waals surface area (Å²) in [5, 5.41) is 6.46. The molecule has 2 saturated heterocycles. The van der Waals surface area contributed by atoms with E-state index in [1.807, 2.05) is 30.9 Å². The van der Waals surface area contributed by atoms with Crippen molar-refractivity contribution in [3.8, 4) is 0 Å². The number of piperidine rings is 1. The van der Waals surface area contributed by atoms with Gasteiger partial charge < -0.3 is 20.3 Å². The van der Waals surface area contributed by atoms with Gasteiger partial charge in [0.2, 0.25) is 11.8 Å². The zero-order chi connectivity index (χ0) is 25.4. The van der Waals surface area contributed by atoms with Crippen LogP contribution in [0.4, 0.5) is 4.79 Å². The van der Waals surface area contributed by atoms with Gasteiger partial charge in [0.25, 0.3) is 0 Å². The summed E-state index contributed by atoms with van der Waals surface area (Å²) in [6.07, 6.45) is 3.19.